The van der Waals surface area contributed by atoms with E-state index in [-0.39, 0.29) is 5.75 Å². The number of aromatic nitrogens is 3. The predicted octanol–water partition coefficient (Wildman–Crippen LogP) is 1.35. The Morgan fingerprint density at radius 1 is 0.966 bits per heavy atom. The minimum atomic E-state index is 0.0820. The van der Waals surface area contributed by atoms with E-state index in [1.807, 2.05) is 0 Å². The van der Waals surface area contributed by atoms with Gasteiger partial charge in [0.05, 0.1) is 32.6 Å². The normalized spacial score (nSPS) is 17.7. The highest BCUT2D eigenvalue weighted by molar-refractivity contribution is 6.30. The Labute approximate surface area is 173 Å². The van der Waals surface area contributed by atoms with E-state index in [0.717, 1.165) is 0 Å². The van der Waals surface area contributed by atoms with Crippen LogP contribution in [-0.4, -0.2) is 78.9 Å². The molecule has 11 heteroatoms. The van der Waals surface area contributed by atoms with Crippen molar-refractivity contribution in [2.24, 2.45) is 5.10 Å². The molecular weight excluding hydrogens is 398 g/mol. The smallest absolute Gasteiger partial charge is 0.250 e. The summed E-state index contributed by atoms with van der Waals surface area (Å²) in [5.41, 5.74) is 3.32. The van der Waals surface area contributed by atoms with Gasteiger partial charge in [-0.3, -0.25) is 0 Å². The van der Waals surface area contributed by atoms with Gasteiger partial charge in [0.1, 0.15) is 5.75 Å². The summed E-state index contributed by atoms with van der Waals surface area (Å²) < 4.78 is 10.8. The first-order valence-electron chi connectivity index (χ1n) is 9.38. The van der Waals surface area contributed by atoms with Gasteiger partial charge in [0, 0.05) is 36.8 Å². The van der Waals surface area contributed by atoms with Crippen LogP contribution in [0.4, 0.5) is 17.8 Å². The summed E-state index contributed by atoms with van der Waals surface area (Å²) in [6, 6.07) is 4.74. The molecule has 1 aromatic carbocycles. The summed E-state index contributed by atoms with van der Waals surface area (Å²) in [4.78, 5) is 17.8. The molecule has 0 aliphatic carbocycles. The average molecular weight is 420 g/mol. The molecule has 10 nitrogen and oxygen atoms in total. The van der Waals surface area contributed by atoms with Crippen LogP contribution in [0.15, 0.2) is 23.3 Å². The molecule has 0 amide bonds. The number of phenolic OH excluding ortho intramolecular Hbond substituents is 1. The molecule has 0 saturated carbocycles. The van der Waals surface area contributed by atoms with E-state index in [1.165, 1.54) is 12.3 Å². The second-order valence-electron chi connectivity index (χ2n) is 6.53. The van der Waals surface area contributed by atoms with E-state index in [1.54, 1.807) is 12.1 Å². The van der Waals surface area contributed by atoms with Gasteiger partial charge in [0.25, 0.3) is 0 Å². The zero-order valence-electron chi connectivity index (χ0n) is 15.8. The van der Waals surface area contributed by atoms with Crippen LogP contribution < -0.4 is 15.2 Å². The molecule has 2 N–H and O–H groups in total. The Morgan fingerprint density at radius 3 is 2.14 bits per heavy atom. The Balaban J connectivity index is 1.57. The highest BCUT2D eigenvalue weighted by atomic mass is 35.5. The number of ether oxygens (including phenoxy) is 2. The van der Waals surface area contributed by atoms with Gasteiger partial charge in [-0.05, 0) is 18.2 Å². The zero-order valence-corrected chi connectivity index (χ0v) is 16.5. The first kappa shape index (κ1) is 19.6. The molecular formula is C18H22ClN7O3. The number of hydrogen-bond donors (Lipinski definition) is 2. The second-order valence-corrected chi connectivity index (χ2v) is 6.97. The lowest BCUT2D eigenvalue weighted by atomic mass is 10.2. The third-order valence-corrected chi connectivity index (χ3v) is 4.79. The largest absolute Gasteiger partial charge is 0.507 e. The maximum atomic E-state index is 9.90. The van der Waals surface area contributed by atoms with E-state index in [0.29, 0.717) is 81.0 Å². The molecule has 154 valence electrons. The number of nitrogens with zero attached hydrogens (tertiary/aromatic N) is 6. The molecule has 2 fully saturated rings. The summed E-state index contributed by atoms with van der Waals surface area (Å²) >= 11 is 5.97. The number of phenols is 1. The Morgan fingerprint density at radius 2 is 1.55 bits per heavy atom. The van der Waals surface area contributed by atoms with Crippen LogP contribution >= 0.6 is 11.6 Å². The second kappa shape index (κ2) is 9.21. The lowest BCUT2D eigenvalue weighted by Gasteiger charge is -2.30. The molecule has 4 rings (SSSR count). The summed E-state index contributed by atoms with van der Waals surface area (Å²) in [5, 5.41) is 14.6. The van der Waals surface area contributed by atoms with Gasteiger partial charge in [0.2, 0.25) is 17.8 Å². The number of nitrogens with one attached hydrogen (secondary N) is 1. The van der Waals surface area contributed by atoms with E-state index >= 15 is 0 Å². The number of hydrogen-bond acceptors (Lipinski definition) is 10. The topological polar surface area (TPSA) is 108 Å². The van der Waals surface area contributed by atoms with Crippen molar-refractivity contribution in [1.29, 1.82) is 0 Å². The third-order valence-electron chi connectivity index (χ3n) is 4.56. The fourth-order valence-corrected chi connectivity index (χ4v) is 3.18. The van der Waals surface area contributed by atoms with E-state index in [4.69, 9.17) is 21.1 Å². The zero-order chi connectivity index (χ0) is 20.1. The van der Waals surface area contributed by atoms with E-state index in [9.17, 15) is 5.11 Å². The number of rotatable bonds is 5. The molecule has 3 heterocycles. The first-order valence-corrected chi connectivity index (χ1v) is 9.76. The number of morpholine rings is 2. The van der Waals surface area contributed by atoms with Crippen molar-refractivity contribution in [2.45, 2.75) is 0 Å². The lowest BCUT2D eigenvalue weighted by Crippen LogP contribution is -2.40. The number of aromatic hydroxyl groups is 1. The van der Waals surface area contributed by atoms with Gasteiger partial charge < -0.3 is 24.4 Å². The van der Waals surface area contributed by atoms with Gasteiger partial charge in [-0.25, -0.2) is 5.43 Å². The molecule has 2 aliphatic rings. The summed E-state index contributed by atoms with van der Waals surface area (Å²) in [6.45, 7) is 5.39. The van der Waals surface area contributed by atoms with E-state index in [2.05, 4.69) is 35.3 Å². The molecule has 0 atom stereocenters. The SMILES string of the molecule is Oc1ccc(Cl)cc1/C=N\Nc1nc(N2CCOCC2)nc(N2CCOCC2)n1. The minimum Gasteiger partial charge on any atom is -0.507 e. The molecule has 2 aliphatic heterocycles. The van der Waals surface area contributed by atoms with Crippen molar-refractivity contribution < 1.29 is 14.6 Å². The van der Waals surface area contributed by atoms with Crippen LogP contribution in [0.2, 0.25) is 5.02 Å². The van der Waals surface area contributed by atoms with Crippen molar-refractivity contribution in [3.63, 3.8) is 0 Å². The summed E-state index contributed by atoms with van der Waals surface area (Å²) in [6.07, 6.45) is 1.47. The molecule has 0 radical (unpaired) electrons. The van der Waals surface area contributed by atoms with Gasteiger partial charge in [-0.1, -0.05) is 11.6 Å². The Bertz CT molecular complexity index is 834. The average Bonchev–Trinajstić information content (AvgIpc) is 2.77. The number of benzene rings is 1. The van der Waals surface area contributed by atoms with Crippen molar-refractivity contribution in [3.05, 3.63) is 28.8 Å². The van der Waals surface area contributed by atoms with Crippen molar-refractivity contribution in [1.82, 2.24) is 15.0 Å². The highest BCUT2D eigenvalue weighted by Gasteiger charge is 2.20. The van der Waals surface area contributed by atoms with E-state index < -0.39 is 0 Å². The Hall–Kier alpha value is -2.69. The molecule has 0 unspecified atom stereocenters. The molecule has 29 heavy (non-hydrogen) atoms. The van der Waals surface area contributed by atoms with Crippen molar-refractivity contribution in [2.75, 3.05) is 67.8 Å². The fourth-order valence-electron chi connectivity index (χ4n) is 3.00. The molecule has 0 bridgehead atoms. The van der Waals surface area contributed by atoms with Crippen molar-refractivity contribution >= 4 is 35.7 Å². The molecule has 1 aromatic heterocycles. The van der Waals surface area contributed by atoms with Gasteiger partial charge in [-0.15, -0.1) is 0 Å². The van der Waals surface area contributed by atoms with Gasteiger partial charge in [-0.2, -0.15) is 20.1 Å². The highest BCUT2D eigenvalue weighted by Crippen LogP contribution is 2.21. The van der Waals surface area contributed by atoms with Gasteiger partial charge >= 0.3 is 0 Å². The van der Waals surface area contributed by atoms with Crippen LogP contribution in [0.5, 0.6) is 5.75 Å². The van der Waals surface area contributed by atoms with Crippen molar-refractivity contribution in [3.8, 4) is 5.75 Å². The summed E-state index contributed by atoms with van der Waals surface area (Å²) in [7, 11) is 0. The Kier molecular flexibility index (Phi) is 6.23. The minimum absolute atomic E-state index is 0.0820. The lowest BCUT2D eigenvalue weighted by molar-refractivity contribution is 0.121. The first-order chi connectivity index (χ1) is 14.2. The molecule has 0 spiro atoms. The van der Waals surface area contributed by atoms with Crippen LogP contribution in [0.3, 0.4) is 0 Å². The van der Waals surface area contributed by atoms with Crippen LogP contribution in [0, 0.1) is 0 Å². The van der Waals surface area contributed by atoms with Gasteiger partial charge in [0.15, 0.2) is 0 Å². The quantitative estimate of drug-likeness (QED) is 0.548. The third kappa shape index (κ3) is 5.03. The fraction of sp³-hybridized carbons (Fsp3) is 0.444. The van der Waals surface area contributed by atoms with Crippen LogP contribution in [0.1, 0.15) is 5.56 Å². The number of halogens is 1. The molecule has 2 aromatic rings. The summed E-state index contributed by atoms with van der Waals surface area (Å²) in [5.74, 6) is 1.56. The number of hydrazone groups is 1. The standard InChI is InChI=1S/C18H22ClN7O3/c19-14-1-2-15(27)13(11-14)12-20-24-16-21-17(25-3-7-28-8-4-25)23-18(22-16)26-5-9-29-10-6-26/h1-2,11-12,27H,3-10H2,(H,21,22,23,24)/b20-12-. The maximum Gasteiger partial charge on any atom is 0.250 e. The predicted molar refractivity (Wildman–Crippen MR) is 110 cm³/mol. The molecule has 2 saturated heterocycles. The monoisotopic (exact) mass is 419 g/mol. The number of anilines is 3. The van der Waals surface area contributed by atoms with Crippen LogP contribution in [-0.2, 0) is 9.47 Å². The maximum absolute atomic E-state index is 9.90. The van der Waals surface area contributed by atoms with Crippen LogP contribution in [0.25, 0.3) is 0 Å².